The van der Waals surface area contributed by atoms with Gasteiger partial charge in [0.15, 0.2) is 0 Å². The van der Waals surface area contributed by atoms with Crippen molar-refractivity contribution in [2.75, 3.05) is 18.4 Å². The fourth-order valence-corrected chi connectivity index (χ4v) is 3.21. The lowest BCUT2D eigenvalue weighted by Gasteiger charge is -2.33. The molecule has 1 saturated heterocycles. The van der Waals surface area contributed by atoms with Crippen molar-refractivity contribution in [1.82, 2.24) is 10.2 Å². The highest BCUT2D eigenvalue weighted by Gasteiger charge is 2.27. The number of urea groups is 1. The number of carbonyl (C=O) groups excluding carboxylic acids is 2. The largest absolute Gasteiger partial charge is 0.444 e. The number of nitrogens with one attached hydrogen (secondary N) is 2. The second-order valence-electron chi connectivity index (χ2n) is 7.87. The molecule has 0 saturated carbocycles. The maximum Gasteiger partial charge on any atom is 0.410 e. The molecule has 6 heteroatoms. The molecule has 0 bridgehead atoms. The molecule has 27 heavy (non-hydrogen) atoms. The summed E-state index contributed by atoms with van der Waals surface area (Å²) in [5, 5.41) is 8.05. The number of piperidine rings is 1. The Balaban J connectivity index is 1.52. The van der Waals surface area contributed by atoms with Crippen LogP contribution in [-0.2, 0) is 4.74 Å². The van der Waals surface area contributed by atoms with Crippen LogP contribution in [0.25, 0.3) is 10.8 Å². The van der Waals surface area contributed by atoms with E-state index in [0.29, 0.717) is 25.9 Å². The fraction of sp³-hybridized carbons (Fsp3) is 0.429. The molecule has 1 aliphatic rings. The minimum atomic E-state index is -0.496. The Hall–Kier alpha value is -2.76. The summed E-state index contributed by atoms with van der Waals surface area (Å²) in [5.41, 5.74) is 0.293. The van der Waals surface area contributed by atoms with Crippen molar-refractivity contribution >= 4 is 28.6 Å². The number of ether oxygens (including phenoxy) is 1. The summed E-state index contributed by atoms with van der Waals surface area (Å²) in [6.45, 7) is 6.73. The van der Waals surface area contributed by atoms with Crippen LogP contribution < -0.4 is 10.6 Å². The Morgan fingerprint density at radius 2 is 1.70 bits per heavy atom. The first-order chi connectivity index (χ1) is 12.8. The van der Waals surface area contributed by atoms with Gasteiger partial charge in [-0.25, -0.2) is 9.59 Å². The fourth-order valence-electron chi connectivity index (χ4n) is 3.21. The zero-order valence-corrected chi connectivity index (χ0v) is 16.1. The first-order valence-electron chi connectivity index (χ1n) is 9.35. The summed E-state index contributed by atoms with van der Waals surface area (Å²) in [5.74, 6) is 0. The number of benzene rings is 2. The molecular weight excluding hydrogens is 342 g/mol. The third kappa shape index (κ3) is 5.12. The average Bonchev–Trinajstić information content (AvgIpc) is 2.61. The Morgan fingerprint density at radius 3 is 2.41 bits per heavy atom. The van der Waals surface area contributed by atoms with Gasteiger partial charge in [0.2, 0.25) is 0 Å². The quantitative estimate of drug-likeness (QED) is 0.826. The van der Waals surface area contributed by atoms with Crippen molar-refractivity contribution in [3.63, 3.8) is 0 Å². The summed E-state index contributed by atoms with van der Waals surface area (Å²) >= 11 is 0. The minimum Gasteiger partial charge on any atom is -0.444 e. The summed E-state index contributed by atoms with van der Waals surface area (Å²) in [4.78, 5) is 26.2. The third-order valence-electron chi connectivity index (χ3n) is 4.52. The molecule has 6 nitrogen and oxygen atoms in total. The number of amides is 3. The highest BCUT2D eigenvalue weighted by Crippen LogP contribution is 2.23. The first kappa shape index (κ1) is 19.0. The molecule has 2 aromatic carbocycles. The monoisotopic (exact) mass is 369 g/mol. The summed E-state index contributed by atoms with van der Waals surface area (Å²) in [6.07, 6.45) is 1.13. The maximum atomic E-state index is 12.4. The van der Waals surface area contributed by atoms with E-state index in [2.05, 4.69) is 10.6 Å². The highest BCUT2D eigenvalue weighted by atomic mass is 16.6. The van der Waals surface area contributed by atoms with Crippen LogP contribution in [0, 0.1) is 0 Å². The Labute approximate surface area is 159 Å². The molecule has 0 unspecified atom stereocenters. The number of rotatable bonds is 2. The van der Waals surface area contributed by atoms with E-state index in [1.54, 1.807) is 4.90 Å². The van der Waals surface area contributed by atoms with E-state index in [1.807, 2.05) is 63.2 Å². The van der Waals surface area contributed by atoms with Gasteiger partial charge in [0, 0.05) is 24.5 Å². The lowest BCUT2D eigenvalue weighted by molar-refractivity contribution is 0.0202. The van der Waals surface area contributed by atoms with Gasteiger partial charge in [0.1, 0.15) is 5.60 Å². The lowest BCUT2D eigenvalue weighted by atomic mass is 10.1. The predicted octanol–water partition coefficient (Wildman–Crippen LogP) is 4.36. The Morgan fingerprint density at radius 1 is 1.04 bits per heavy atom. The van der Waals surface area contributed by atoms with Crippen molar-refractivity contribution < 1.29 is 14.3 Å². The van der Waals surface area contributed by atoms with E-state index in [-0.39, 0.29) is 18.2 Å². The molecule has 0 aliphatic carbocycles. The van der Waals surface area contributed by atoms with E-state index in [4.69, 9.17) is 4.74 Å². The summed E-state index contributed by atoms with van der Waals surface area (Å²) in [6, 6.07) is 13.6. The Kier molecular flexibility index (Phi) is 5.54. The number of anilines is 1. The molecule has 0 radical (unpaired) electrons. The molecule has 2 N–H and O–H groups in total. The van der Waals surface area contributed by atoms with Crippen LogP contribution in [0.15, 0.2) is 42.5 Å². The van der Waals surface area contributed by atoms with Gasteiger partial charge in [-0.15, -0.1) is 0 Å². The lowest BCUT2D eigenvalue weighted by Crippen LogP contribution is -2.48. The second kappa shape index (κ2) is 7.86. The van der Waals surface area contributed by atoms with E-state index in [9.17, 15) is 9.59 Å². The summed E-state index contributed by atoms with van der Waals surface area (Å²) in [7, 11) is 0. The molecule has 0 spiro atoms. The molecule has 1 aliphatic heterocycles. The van der Waals surface area contributed by atoms with Crippen LogP contribution in [0.5, 0.6) is 0 Å². The van der Waals surface area contributed by atoms with Crippen molar-refractivity contribution in [2.45, 2.75) is 45.3 Å². The average molecular weight is 369 g/mol. The first-order valence-corrected chi connectivity index (χ1v) is 9.35. The molecule has 1 heterocycles. The van der Waals surface area contributed by atoms with Gasteiger partial charge < -0.3 is 20.3 Å². The SMILES string of the molecule is CC(C)(C)OC(=O)N1CCC(NC(=O)Nc2cccc3ccccc23)CC1. The number of likely N-dealkylation sites (tertiary alicyclic amines) is 1. The van der Waals surface area contributed by atoms with E-state index >= 15 is 0 Å². The number of fused-ring (bicyclic) bond motifs is 1. The maximum absolute atomic E-state index is 12.4. The second-order valence-corrected chi connectivity index (χ2v) is 7.87. The standard InChI is InChI=1S/C21H27N3O3/c1-21(2,3)27-20(26)24-13-11-16(12-14-24)22-19(25)23-18-10-6-8-15-7-4-5-9-17(15)18/h4-10,16H,11-14H2,1-3H3,(H2,22,23,25). The van der Waals surface area contributed by atoms with Gasteiger partial charge in [0.05, 0.1) is 5.69 Å². The topological polar surface area (TPSA) is 70.7 Å². The van der Waals surface area contributed by atoms with Crippen LogP contribution in [0.1, 0.15) is 33.6 Å². The van der Waals surface area contributed by atoms with Gasteiger partial charge in [-0.05, 0) is 45.1 Å². The van der Waals surface area contributed by atoms with E-state index in [1.165, 1.54) is 0 Å². The minimum absolute atomic E-state index is 0.0404. The molecular formula is C21H27N3O3. The van der Waals surface area contributed by atoms with Crippen LogP contribution in [0.2, 0.25) is 0 Å². The van der Waals surface area contributed by atoms with Gasteiger partial charge >= 0.3 is 12.1 Å². The van der Waals surface area contributed by atoms with E-state index in [0.717, 1.165) is 16.5 Å². The molecule has 3 rings (SSSR count). The van der Waals surface area contributed by atoms with Crippen molar-refractivity contribution in [3.05, 3.63) is 42.5 Å². The normalized spacial score (nSPS) is 15.4. The number of carbonyl (C=O) groups is 2. The molecule has 144 valence electrons. The van der Waals surface area contributed by atoms with Crippen molar-refractivity contribution in [1.29, 1.82) is 0 Å². The van der Waals surface area contributed by atoms with Crippen LogP contribution in [0.3, 0.4) is 0 Å². The van der Waals surface area contributed by atoms with Crippen LogP contribution >= 0.6 is 0 Å². The number of nitrogens with zero attached hydrogens (tertiary/aromatic N) is 1. The Bertz CT molecular complexity index is 816. The summed E-state index contributed by atoms with van der Waals surface area (Å²) < 4.78 is 5.40. The van der Waals surface area contributed by atoms with Gasteiger partial charge in [-0.2, -0.15) is 0 Å². The number of hydrogen-bond donors (Lipinski definition) is 2. The van der Waals surface area contributed by atoms with Gasteiger partial charge in [-0.1, -0.05) is 36.4 Å². The predicted molar refractivity (Wildman–Crippen MR) is 107 cm³/mol. The highest BCUT2D eigenvalue weighted by molar-refractivity contribution is 6.01. The van der Waals surface area contributed by atoms with Gasteiger partial charge in [0.25, 0.3) is 0 Å². The zero-order chi connectivity index (χ0) is 19.4. The zero-order valence-electron chi connectivity index (χ0n) is 16.1. The van der Waals surface area contributed by atoms with E-state index < -0.39 is 5.60 Å². The van der Waals surface area contributed by atoms with Gasteiger partial charge in [-0.3, -0.25) is 0 Å². The van der Waals surface area contributed by atoms with Crippen LogP contribution in [-0.4, -0.2) is 41.8 Å². The molecule has 0 aromatic heterocycles. The number of hydrogen-bond acceptors (Lipinski definition) is 3. The smallest absolute Gasteiger partial charge is 0.410 e. The molecule has 1 fully saturated rings. The molecule has 3 amide bonds. The van der Waals surface area contributed by atoms with Crippen molar-refractivity contribution in [3.8, 4) is 0 Å². The molecule has 2 aromatic rings. The van der Waals surface area contributed by atoms with Crippen molar-refractivity contribution in [2.24, 2.45) is 0 Å². The molecule has 0 atom stereocenters. The third-order valence-corrected chi connectivity index (χ3v) is 4.52. The van der Waals surface area contributed by atoms with Crippen LogP contribution in [0.4, 0.5) is 15.3 Å².